The number of aliphatic carboxylic acids is 1. The number of nitrogens with zero attached hydrogens (tertiary/aromatic N) is 1. The smallest absolute Gasteiger partial charge is 0.314 e. The van der Waals surface area contributed by atoms with Gasteiger partial charge < -0.3 is 10.1 Å². The zero-order valence-electron chi connectivity index (χ0n) is 11.2. The number of nitrogens with one attached hydrogen (secondary N) is 1. The number of aromatic amines is 1. The number of H-pyrrole nitrogens is 1. The fourth-order valence-electron chi connectivity index (χ4n) is 2.83. The Labute approximate surface area is 119 Å². The van der Waals surface area contributed by atoms with E-state index in [1.807, 2.05) is 0 Å². The fourth-order valence-corrected chi connectivity index (χ4v) is 4.10. The monoisotopic (exact) mass is 292 g/mol. The number of carbonyl (C=O) groups is 1. The first-order chi connectivity index (χ1) is 9.61. The van der Waals surface area contributed by atoms with Gasteiger partial charge in [0.25, 0.3) is 5.56 Å². The molecule has 2 aromatic heterocycles. The molecule has 2 heterocycles. The molecule has 0 spiro atoms. The van der Waals surface area contributed by atoms with Crippen LogP contribution in [0.25, 0.3) is 10.2 Å². The number of thiophene rings is 1. The zero-order valence-corrected chi connectivity index (χ0v) is 12.0. The third-order valence-electron chi connectivity index (χ3n) is 3.88. The molecule has 1 aliphatic carbocycles. The number of carboxylic acid groups (broad SMARTS) is 1. The maximum Gasteiger partial charge on any atom is 0.314 e. The Bertz CT molecular complexity index is 732. The van der Waals surface area contributed by atoms with Crippen molar-refractivity contribution in [2.75, 3.05) is 0 Å². The van der Waals surface area contributed by atoms with Crippen molar-refractivity contribution in [2.24, 2.45) is 0 Å². The van der Waals surface area contributed by atoms with Crippen LogP contribution in [0.3, 0.4) is 0 Å². The zero-order chi connectivity index (χ0) is 14.3. The van der Waals surface area contributed by atoms with Gasteiger partial charge in [0.2, 0.25) is 0 Å². The van der Waals surface area contributed by atoms with Crippen LogP contribution in [-0.4, -0.2) is 21.0 Å². The van der Waals surface area contributed by atoms with Crippen molar-refractivity contribution >= 4 is 27.5 Å². The minimum Gasteiger partial charge on any atom is -0.481 e. The lowest BCUT2D eigenvalue weighted by Gasteiger charge is -2.10. The highest BCUT2D eigenvalue weighted by Gasteiger charge is 2.24. The molecule has 1 unspecified atom stereocenters. The van der Waals surface area contributed by atoms with E-state index in [1.165, 1.54) is 4.88 Å². The van der Waals surface area contributed by atoms with Crippen LogP contribution < -0.4 is 5.56 Å². The SMILES string of the molecule is CCC(C(=O)O)c1nc2sc3c(c2c(=O)[nH]1)CCCC3. The van der Waals surface area contributed by atoms with Crippen molar-refractivity contribution in [2.45, 2.75) is 44.9 Å². The molecule has 2 aromatic rings. The molecule has 106 valence electrons. The molecule has 20 heavy (non-hydrogen) atoms. The summed E-state index contributed by atoms with van der Waals surface area (Å²) in [5.41, 5.74) is 0.934. The quantitative estimate of drug-likeness (QED) is 0.910. The number of rotatable bonds is 3. The number of carboxylic acids is 1. The lowest BCUT2D eigenvalue weighted by atomic mass is 9.97. The topological polar surface area (TPSA) is 83.0 Å². The van der Waals surface area contributed by atoms with Crippen molar-refractivity contribution in [1.82, 2.24) is 9.97 Å². The lowest BCUT2D eigenvalue weighted by Crippen LogP contribution is -2.19. The minimum atomic E-state index is -0.948. The highest BCUT2D eigenvalue weighted by Crippen LogP contribution is 2.34. The number of aryl methyl sites for hydroxylation is 2. The van der Waals surface area contributed by atoms with Crippen LogP contribution in [0.15, 0.2) is 4.79 Å². The average molecular weight is 292 g/mol. The summed E-state index contributed by atoms with van der Waals surface area (Å²) < 4.78 is 0. The van der Waals surface area contributed by atoms with Crippen molar-refractivity contribution in [3.05, 3.63) is 26.6 Å². The summed E-state index contributed by atoms with van der Waals surface area (Å²) in [4.78, 5) is 32.5. The number of fused-ring (bicyclic) bond motifs is 3. The highest BCUT2D eigenvalue weighted by molar-refractivity contribution is 7.18. The molecule has 0 aromatic carbocycles. The minimum absolute atomic E-state index is 0.191. The van der Waals surface area contributed by atoms with E-state index in [0.29, 0.717) is 16.6 Å². The van der Waals surface area contributed by atoms with Gasteiger partial charge in [0.1, 0.15) is 16.6 Å². The Morgan fingerprint density at radius 2 is 2.20 bits per heavy atom. The van der Waals surface area contributed by atoms with Gasteiger partial charge in [-0.2, -0.15) is 0 Å². The summed E-state index contributed by atoms with van der Waals surface area (Å²) in [6, 6.07) is 0. The van der Waals surface area contributed by atoms with Gasteiger partial charge in [0.15, 0.2) is 0 Å². The summed E-state index contributed by atoms with van der Waals surface area (Å²) >= 11 is 1.54. The van der Waals surface area contributed by atoms with Crippen molar-refractivity contribution in [3.63, 3.8) is 0 Å². The third-order valence-corrected chi connectivity index (χ3v) is 5.07. The molecular weight excluding hydrogens is 276 g/mol. The van der Waals surface area contributed by atoms with E-state index >= 15 is 0 Å². The van der Waals surface area contributed by atoms with E-state index < -0.39 is 11.9 Å². The molecule has 1 atom stereocenters. The van der Waals surface area contributed by atoms with Gasteiger partial charge in [0, 0.05) is 4.88 Å². The molecule has 1 aliphatic rings. The normalized spacial score (nSPS) is 16.1. The second-order valence-electron chi connectivity index (χ2n) is 5.14. The number of hydrogen-bond donors (Lipinski definition) is 2. The van der Waals surface area contributed by atoms with Crippen LogP contribution >= 0.6 is 11.3 Å². The molecule has 3 rings (SSSR count). The van der Waals surface area contributed by atoms with E-state index in [2.05, 4.69) is 9.97 Å². The van der Waals surface area contributed by atoms with Gasteiger partial charge in [-0.25, -0.2) is 4.98 Å². The second kappa shape index (κ2) is 5.01. The molecule has 6 heteroatoms. The van der Waals surface area contributed by atoms with Gasteiger partial charge in [-0.05, 0) is 37.7 Å². The van der Waals surface area contributed by atoms with Crippen molar-refractivity contribution < 1.29 is 9.90 Å². The Morgan fingerprint density at radius 3 is 2.90 bits per heavy atom. The summed E-state index contributed by atoms with van der Waals surface area (Å²) in [6.07, 6.45) is 4.59. The molecule has 0 saturated carbocycles. The maximum atomic E-state index is 12.3. The molecule has 0 bridgehead atoms. The molecule has 5 nitrogen and oxygen atoms in total. The number of hydrogen-bond acceptors (Lipinski definition) is 4. The fraction of sp³-hybridized carbons (Fsp3) is 0.500. The summed E-state index contributed by atoms with van der Waals surface area (Å²) in [7, 11) is 0. The standard InChI is InChI=1S/C14H16N2O3S/c1-2-7(14(18)19)11-15-12(17)10-8-5-3-4-6-9(8)20-13(10)16-11/h7H,2-6H2,1H3,(H,18,19)(H,15,16,17). The van der Waals surface area contributed by atoms with Gasteiger partial charge >= 0.3 is 5.97 Å². The molecule has 0 fully saturated rings. The van der Waals surface area contributed by atoms with Gasteiger partial charge in [0.05, 0.1) is 5.39 Å². The van der Waals surface area contributed by atoms with E-state index in [0.717, 1.165) is 31.2 Å². The predicted molar refractivity (Wildman–Crippen MR) is 77.6 cm³/mol. The number of aromatic nitrogens is 2. The third kappa shape index (κ3) is 2.04. The first-order valence-electron chi connectivity index (χ1n) is 6.89. The molecule has 0 radical (unpaired) electrons. The van der Waals surface area contributed by atoms with E-state index in [-0.39, 0.29) is 11.4 Å². The lowest BCUT2D eigenvalue weighted by molar-refractivity contribution is -0.139. The summed E-state index contributed by atoms with van der Waals surface area (Å²) in [6.45, 7) is 1.78. The Hall–Kier alpha value is -1.69. The highest BCUT2D eigenvalue weighted by atomic mass is 32.1. The van der Waals surface area contributed by atoms with Gasteiger partial charge in [-0.15, -0.1) is 11.3 Å². The average Bonchev–Trinajstić information content (AvgIpc) is 2.77. The van der Waals surface area contributed by atoms with Crippen LogP contribution in [-0.2, 0) is 17.6 Å². The van der Waals surface area contributed by atoms with Crippen LogP contribution in [0.5, 0.6) is 0 Å². The van der Waals surface area contributed by atoms with Crippen molar-refractivity contribution in [3.8, 4) is 0 Å². The largest absolute Gasteiger partial charge is 0.481 e. The first-order valence-corrected chi connectivity index (χ1v) is 7.70. The molecular formula is C14H16N2O3S. The van der Waals surface area contributed by atoms with Gasteiger partial charge in [-0.3, -0.25) is 9.59 Å². The Kier molecular flexibility index (Phi) is 3.33. The molecule has 0 amide bonds. The predicted octanol–water partition coefficient (Wildman–Crippen LogP) is 2.44. The summed E-state index contributed by atoms with van der Waals surface area (Å²) in [5, 5.41) is 9.87. The van der Waals surface area contributed by atoms with Crippen molar-refractivity contribution in [1.29, 1.82) is 0 Å². The second-order valence-corrected chi connectivity index (χ2v) is 6.22. The van der Waals surface area contributed by atoms with Gasteiger partial charge in [-0.1, -0.05) is 6.92 Å². The Morgan fingerprint density at radius 1 is 1.45 bits per heavy atom. The first kappa shape index (κ1) is 13.3. The maximum absolute atomic E-state index is 12.3. The van der Waals surface area contributed by atoms with E-state index in [1.54, 1.807) is 18.3 Å². The Balaban J connectivity index is 2.20. The van der Waals surface area contributed by atoms with E-state index in [9.17, 15) is 14.7 Å². The van der Waals surface area contributed by atoms with Crippen LogP contribution in [0, 0.1) is 0 Å². The molecule has 2 N–H and O–H groups in total. The molecule has 0 aliphatic heterocycles. The molecule has 0 saturated heterocycles. The van der Waals surface area contributed by atoms with Crippen LogP contribution in [0.4, 0.5) is 0 Å². The van der Waals surface area contributed by atoms with E-state index in [4.69, 9.17) is 0 Å². The van der Waals surface area contributed by atoms with Crippen LogP contribution in [0.1, 0.15) is 48.4 Å². The van der Waals surface area contributed by atoms with Crippen LogP contribution in [0.2, 0.25) is 0 Å². The summed E-state index contributed by atoms with van der Waals surface area (Å²) in [5.74, 6) is -1.42.